The maximum atomic E-state index is 13.1. The van der Waals surface area contributed by atoms with Crippen LogP contribution >= 0.6 is 0 Å². The number of ether oxygens (including phenoxy) is 1. The number of nitrogens with zero attached hydrogens (tertiary/aromatic N) is 6. The van der Waals surface area contributed by atoms with Crippen LogP contribution in [-0.2, 0) is 7.05 Å². The summed E-state index contributed by atoms with van der Waals surface area (Å²) >= 11 is 0. The third kappa shape index (κ3) is 3.40. The Hall–Kier alpha value is -4.12. The summed E-state index contributed by atoms with van der Waals surface area (Å²) in [6.07, 6.45) is 8.30. The molecule has 8 nitrogen and oxygen atoms in total. The van der Waals surface area contributed by atoms with Crippen molar-refractivity contribution in [1.82, 2.24) is 29.0 Å². The Kier molecular flexibility index (Phi) is 5.17. The summed E-state index contributed by atoms with van der Waals surface area (Å²) in [6.45, 7) is 1.79. The molecule has 0 aliphatic carbocycles. The van der Waals surface area contributed by atoms with Gasteiger partial charge in [-0.05, 0) is 13.0 Å². The highest BCUT2D eigenvalue weighted by molar-refractivity contribution is 6.05. The lowest BCUT2D eigenvalue weighted by molar-refractivity contribution is 0.414. The summed E-state index contributed by atoms with van der Waals surface area (Å²) in [7, 11) is 7.22. The molecule has 0 saturated carbocycles. The van der Waals surface area contributed by atoms with Gasteiger partial charge < -0.3 is 9.64 Å². The van der Waals surface area contributed by atoms with E-state index in [0.717, 1.165) is 22.0 Å². The molecule has 156 valence electrons. The number of rotatable bonds is 4. The highest BCUT2D eigenvalue weighted by atomic mass is 16.5. The van der Waals surface area contributed by atoms with Gasteiger partial charge in [0.25, 0.3) is 0 Å². The highest BCUT2D eigenvalue weighted by Gasteiger charge is 2.19. The van der Waals surface area contributed by atoms with E-state index >= 15 is 0 Å². The van der Waals surface area contributed by atoms with Gasteiger partial charge in [-0.3, -0.25) is 14.1 Å². The second kappa shape index (κ2) is 7.95. The molecule has 0 atom stereocenters. The summed E-state index contributed by atoms with van der Waals surface area (Å²) < 4.78 is 8.84. The molecule has 0 N–H and O–H groups in total. The zero-order valence-corrected chi connectivity index (χ0v) is 18.0. The largest absolute Gasteiger partial charge is 0.496 e. The molecular formula is C23H22N6O2. The number of hydrogen-bond acceptors (Lipinski definition) is 6. The van der Waals surface area contributed by atoms with Gasteiger partial charge in [0.2, 0.25) is 0 Å². The van der Waals surface area contributed by atoms with Gasteiger partial charge in [0, 0.05) is 44.4 Å². The molecule has 0 radical (unpaired) electrons. The number of benzene rings is 1. The van der Waals surface area contributed by atoms with E-state index < -0.39 is 0 Å². The molecule has 4 rings (SSSR count). The van der Waals surface area contributed by atoms with Crippen LogP contribution in [-0.4, -0.2) is 50.2 Å². The molecule has 3 aromatic heterocycles. The fourth-order valence-electron chi connectivity index (χ4n) is 3.61. The second-order valence-electron chi connectivity index (χ2n) is 7.22. The Labute approximate surface area is 179 Å². The lowest BCUT2D eigenvalue weighted by Crippen LogP contribution is -2.21. The Morgan fingerprint density at radius 3 is 2.58 bits per heavy atom. The first kappa shape index (κ1) is 20.2. The average Bonchev–Trinajstić information content (AvgIpc) is 3.03. The summed E-state index contributed by atoms with van der Waals surface area (Å²) in [6, 6.07) is 3.84. The maximum Gasteiger partial charge on any atom is 0.333 e. The first-order chi connectivity index (χ1) is 15.0. The van der Waals surface area contributed by atoms with Crippen LogP contribution in [0.1, 0.15) is 12.5 Å². The molecule has 4 aromatic rings. The quantitative estimate of drug-likeness (QED) is 0.478. The molecule has 0 aliphatic heterocycles. The minimum absolute atomic E-state index is 0.200. The molecule has 0 fully saturated rings. The predicted molar refractivity (Wildman–Crippen MR) is 121 cm³/mol. The minimum atomic E-state index is -0.200. The van der Waals surface area contributed by atoms with Crippen LogP contribution in [0.5, 0.6) is 5.75 Å². The summed E-state index contributed by atoms with van der Waals surface area (Å²) in [4.78, 5) is 27.8. The van der Waals surface area contributed by atoms with Gasteiger partial charge >= 0.3 is 5.69 Å². The van der Waals surface area contributed by atoms with Crippen LogP contribution in [0.15, 0.2) is 48.0 Å². The van der Waals surface area contributed by atoms with Crippen molar-refractivity contribution < 1.29 is 4.74 Å². The normalized spacial score (nSPS) is 11.5. The zero-order valence-electron chi connectivity index (χ0n) is 18.0. The topological polar surface area (TPSA) is 78.1 Å². The number of pyridine rings is 1. The molecular weight excluding hydrogens is 392 g/mol. The number of aryl methyl sites for hydroxylation is 1. The van der Waals surface area contributed by atoms with Gasteiger partial charge in [0.15, 0.2) is 0 Å². The monoisotopic (exact) mass is 414 g/mol. The minimum Gasteiger partial charge on any atom is -0.496 e. The van der Waals surface area contributed by atoms with Crippen LogP contribution in [0.4, 0.5) is 0 Å². The van der Waals surface area contributed by atoms with Crippen molar-refractivity contribution in [2.45, 2.75) is 6.92 Å². The van der Waals surface area contributed by atoms with Gasteiger partial charge in [-0.25, -0.2) is 14.8 Å². The standard InChI is InChI=1S/C23H22N6O2/c1-6-7-15(13-27(2)3)17-8-18-19(9-21(17)31-5)26-12-20-22(18)29(23(30)28(20)4)16-10-24-14-25-11-16/h8-14H,1-5H3/b15-13+. The summed E-state index contributed by atoms with van der Waals surface area (Å²) in [5.41, 5.74) is 4.14. The van der Waals surface area contributed by atoms with Crippen molar-refractivity contribution in [2.24, 2.45) is 7.05 Å². The van der Waals surface area contributed by atoms with Crippen LogP contribution in [0, 0.1) is 11.8 Å². The fraction of sp³-hybridized carbons (Fsp3) is 0.217. The number of aromatic nitrogens is 5. The van der Waals surface area contributed by atoms with Gasteiger partial charge in [0.1, 0.15) is 12.1 Å². The molecule has 0 unspecified atom stereocenters. The Morgan fingerprint density at radius 2 is 1.94 bits per heavy atom. The number of hydrogen-bond donors (Lipinski definition) is 0. The van der Waals surface area contributed by atoms with Gasteiger partial charge in [-0.2, -0.15) is 0 Å². The highest BCUT2D eigenvalue weighted by Crippen LogP contribution is 2.34. The summed E-state index contributed by atoms with van der Waals surface area (Å²) in [5, 5.41) is 0.803. The number of imidazole rings is 1. The lowest BCUT2D eigenvalue weighted by Gasteiger charge is -2.13. The number of allylic oxidation sites excluding steroid dienone is 1. The van der Waals surface area contributed by atoms with E-state index in [1.807, 2.05) is 37.3 Å². The van der Waals surface area contributed by atoms with Crippen LogP contribution < -0.4 is 10.4 Å². The van der Waals surface area contributed by atoms with E-state index in [4.69, 9.17) is 4.74 Å². The van der Waals surface area contributed by atoms with E-state index in [9.17, 15) is 4.79 Å². The molecule has 0 bridgehead atoms. The molecule has 0 amide bonds. The number of methoxy groups -OCH3 is 1. The maximum absolute atomic E-state index is 13.1. The van der Waals surface area contributed by atoms with Crippen molar-refractivity contribution in [3.8, 4) is 23.3 Å². The van der Waals surface area contributed by atoms with E-state index in [1.165, 1.54) is 6.33 Å². The first-order valence-corrected chi connectivity index (χ1v) is 9.61. The Morgan fingerprint density at radius 1 is 1.19 bits per heavy atom. The molecule has 0 saturated heterocycles. The third-order valence-electron chi connectivity index (χ3n) is 4.95. The first-order valence-electron chi connectivity index (χ1n) is 9.61. The molecule has 1 aromatic carbocycles. The van der Waals surface area contributed by atoms with Crippen LogP contribution in [0.2, 0.25) is 0 Å². The van der Waals surface area contributed by atoms with Gasteiger partial charge in [-0.15, -0.1) is 5.92 Å². The second-order valence-corrected chi connectivity index (χ2v) is 7.22. The Bertz CT molecular complexity index is 1440. The van der Waals surface area contributed by atoms with E-state index in [2.05, 4.69) is 26.8 Å². The van der Waals surface area contributed by atoms with Gasteiger partial charge in [0.05, 0.1) is 53.5 Å². The number of fused-ring (bicyclic) bond motifs is 3. The average molecular weight is 414 g/mol. The van der Waals surface area contributed by atoms with Crippen LogP contribution in [0.25, 0.3) is 33.2 Å². The van der Waals surface area contributed by atoms with Gasteiger partial charge in [-0.1, -0.05) is 5.92 Å². The van der Waals surface area contributed by atoms with E-state index in [-0.39, 0.29) is 5.69 Å². The predicted octanol–water partition coefficient (Wildman–Crippen LogP) is 2.60. The Balaban J connectivity index is 2.16. The molecule has 31 heavy (non-hydrogen) atoms. The molecule has 0 aliphatic rings. The third-order valence-corrected chi connectivity index (χ3v) is 4.95. The van der Waals surface area contributed by atoms with Crippen molar-refractivity contribution in [3.05, 3.63) is 59.3 Å². The molecule has 0 spiro atoms. The zero-order chi connectivity index (χ0) is 22.1. The summed E-state index contributed by atoms with van der Waals surface area (Å²) in [5.74, 6) is 6.78. The van der Waals surface area contributed by atoms with E-state index in [0.29, 0.717) is 22.5 Å². The molecule has 3 heterocycles. The smallest absolute Gasteiger partial charge is 0.333 e. The van der Waals surface area contributed by atoms with Crippen LogP contribution in [0.3, 0.4) is 0 Å². The molecule has 8 heteroatoms. The lowest BCUT2D eigenvalue weighted by atomic mass is 10.0. The van der Waals surface area contributed by atoms with Crippen molar-refractivity contribution in [2.75, 3.05) is 21.2 Å². The van der Waals surface area contributed by atoms with Crippen molar-refractivity contribution >= 4 is 27.5 Å². The van der Waals surface area contributed by atoms with Crippen molar-refractivity contribution in [1.29, 1.82) is 0 Å². The fourth-order valence-corrected chi connectivity index (χ4v) is 3.61. The SMILES string of the molecule is CC#C/C(=C\N(C)C)c1cc2c(cc1OC)ncc1c2n(-c2cncnc2)c(=O)n1C. The van der Waals surface area contributed by atoms with Crippen molar-refractivity contribution in [3.63, 3.8) is 0 Å². The van der Waals surface area contributed by atoms with E-state index in [1.54, 1.807) is 48.8 Å².